The third-order valence-electron chi connectivity index (χ3n) is 4.86. The number of carbonyl (C=O) groups excluding carboxylic acids is 3. The normalized spacial score (nSPS) is 15.8. The molecular weight excluding hydrogens is 411 g/mol. The lowest BCUT2D eigenvalue weighted by Crippen LogP contribution is -2.56. The van der Waals surface area contributed by atoms with E-state index in [2.05, 4.69) is 10.6 Å². The molecule has 6 N–H and O–H groups in total. The summed E-state index contributed by atoms with van der Waals surface area (Å²) in [5.41, 5.74) is 5.90. The Bertz CT molecular complexity index is 624. The van der Waals surface area contributed by atoms with Crippen LogP contribution in [0.1, 0.15) is 66.7 Å². The molecule has 0 aromatic heterocycles. The smallest absolute Gasteiger partial charge is 0.343 e. The van der Waals surface area contributed by atoms with Gasteiger partial charge in [-0.05, 0) is 32.1 Å². The molecule has 0 unspecified atom stereocenters. The highest BCUT2D eigenvalue weighted by atomic mass is 31.2. The van der Waals surface area contributed by atoms with Crippen LogP contribution in [0.3, 0.4) is 0 Å². The summed E-state index contributed by atoms with van der Waals surface area (Å²) < 4.78 is 11.5. The first-order valence-corrected chi connectivity index (χ1v) is 12.1. The molecule has 0 saturated carbocycles. The van der Waals surface area contributed by atoms with Gasteiger partial charge in [0.15, 0.2) is 0 Å². The van der Waals surface area contributed by atoms with Gasteiger partial charge in [-0.1, -0.05) is 40.5 Å². The fraction of sp³-hybridized carbons (Fsp3) is 0.842. The first kappa shape index (κ1) is 28.5. The van der Waals surface area contributed by atoms with Crippen molar-refractivity contribution in [1.29, 1.82) is 0 Å². The molecule has 0 spiro atoms. The standard InChI is InChI=1S/C19H39N4O6P/c1-7-9-15(21-17(24)14(20)11-12(3)4)18(25)22-16(10-8-2)19(26)23(6)13(5)30(27,28)29/h12-16H,7-11,20H2,1-6H3,(H,21,24)(H,22,25)(H2,27,28,29)/t13-,14+,15+,16+/m1/s1. The van der Waals surface area contributed by atoms with Crippen LogP contribution in [0, 0.1) is 5.92 Å². The molecule has 11 heteroatoms. The van der Waals surface area contributed by atoms with E-state index in [-0.39, 0.29) is 5.92 Å². The molecule has 3 amide bonds. The molecule has 30 heavy (non-hydrogen) atoms. The number of hydrogen-bond acceptors (Lipinski definition) is 5. The van der Waals surface area contributed by atoms with E-state index in [9.17, 15) is 28.7 Å². The van der Waals surface area contributed by atoms with E-state index in [1.807, 2.05) is 27.7 Å². The van der Waals surface area contributed by atoms with Crippen molar-refractivity contribution in [2.75, 3.05) is 7.05 Å². The van der Waals surface area contributed by atoms with Crippen LogP contribution in [-0.2, 0) is 18.9 Å². The Labute approximate surface area is 179 Å². The molecule has 0 aliphatic carbocycles. The largest absolute Gasteiger partial charge is 0.347 e. The number of carbonyl (C=O) groups is 3. The van der Waals surface area contributed by atoms with E-state index in [1.165, 1.54) is 14.0 Å². The third kappa shape index (κ3) is 9.55. The van der Waals surface area contributed by atoms with Gasteiger partial charge in [-0.15, -0.1) is 0 Å². The van der Waals surface area contributed by atoms with Crippen molar-refractivity contribution in [2.24, 2.45) is 11.7 Å². The van der Waals surface area contributed by atoms with E-state index in [0.717, 1.165) is 4.90 Å². The lowest BCUT2D eigenvalue weighted by Gasteiger charge is -2.30. The van der Waals surface area contributed by atoms with Gasteiger partial charge in [-0.3, -0.25) is 18.9 Å². The van der Waals surface area contributed by atoms with Crippen LogP contribution < -0.4 is 16.4 Å². The Hall–Kier alpha value is -1.48. The molecule has 0 aliphatic heterocycles. The molecule has 0 bridgehead atoms. The number of nitrogens with one attached hydrogen (secondary N) is 2. The molecule has 0 fully saturated rings. The van der Waals surface area contributed by atoms with Crippen molar-refractivity contribution in [1.82, 2.24) is 15.5 Å². The zero-order valence-electron chi connectivity index (χ0n) is 18.9. The summed E-state index contributed by atoms with van der Waals surface area (Å²) in [4.78, 5) is 57.5. The highest BCUT2D eigenvalue weighted by Crippen LogP contribution is 2.42. The van der Waals surface area contributed by atoms with Crippen molar-refractivity contribution in [2.45, 2.75) is 90.6 Å². The molecule has 176 valence electrons. The van der Waals surface area contributed by atoms with E-state index < -0.39 is 49.2 Å². The highest BCUT2D eigenvalue weighted by molar-refractivity contribution is 7.52. The molecular formula is C19H39N4O6P. The van der Waals surface area contributed by atoms with Crippen LogP contribution in [0.15, 0.2) is 0 Å². The summed E-state index contributed by atoms with van der Waals surface area (Å²) in [5.74, 6) is -2.64. The maximum Gasteiger partial charge on any atom is 0.347 e. The van der Waals surface area contributed by atoms with Crippen molar-refractivity contribution < 1.29 is 28.7 Å². The topological polar surface area (TPSA) is 162 Å². The zero-order valence-corrected chi connectivity index (χ0v) is 19.8. The summed E-state index contributed by atoms with van der Waals surface area (Å²) in [7, 11) is -3.22. The van der Waals surface area contributed by atoms with Crippen LogP contribution in [0.5, 0.6) is 0 Å². The second-order valence-corrected chi connectivity index (χ2v) is 10.0. The van der Waals surface area contributed by atoms with Crippen molar-refractivity contribution >= 4 is 25.3 Å². The summed E-state index contributed by atoms with van der Waals surface area (Å²) >= 11 is 0. The van der Waals surface area contributed by atoms with E-state index in [0.29, 0.717) is 32.1 Å². The maximum atomic E-state index is 12.8. The van der Waals surface area contributed by atoms with Gasteiger partial charge in [0.2, 0.25) is 17.7 Å². The number of nitrogens with two attached hydrogens (primary N) is 1. The Balaban J connectivity index is 5.32. The Morgan fingerprint density at radius 1 is 0.967 bits per heavy atom. The van der Waals surface area contributed by atoms with E-state index in [4.69, 9.17) is 5.73 Å². The molecule has 0 aromatic carbocycles. The van der Waals surface area contributed by atoms with Crippen molar-refractivity contribution in [3.8, 4) is 0 Å². The lowest BCUT2D eigenvalue weighted by molar-refractivity contribution is -0.137. The van der Waals surface area contributed by atoms with E-state index in [1.54, 1.807) is 0 Å². The van der Waals surface area contributed by atoms with Crippen molar-refractivity contribution in [3.05, 3.63) is 0 Å². The quantitative estimate of drug-likeness (QED) is 0.260. The van der Waals surface area contributed by atoms with Crippen LogP contribution in [0.25, 0.3) is 0 Å². The predicted octanol–water partition coefficient (Wildman–Crippen LogP) is 0.912. The molecule has 0 rings (SSSR count). The average Bonchev–Trinajstić information content (AvgIpc) is 2.63. The fourth-order valence-electron chi connectivity index (χ4n) is 2.93. The van der Waals surface area contributed by atoms with Gasteiger partial charge in [0.1, 0.15) is 17.9 Å². The van der Waals surface area contributed by atoms with Gasteiger partial charge >= 0.3 is 7.60 Å². The minimum atomic E-state index is -4.51. The highest BCUT2D eigenvalue weighted by Gasteiger charge is 2.35. The van der Waals surface area contributed by atoms with Gasteiger partial charge in [0.25, 0.3) is 0 Å². The minimum Gasteiger partial charge on any atom is -0.343 e. The Kier molecular flexibility index (Phi) is 12.4. The molecule has 4 atom stereocenters. The first-order chi connectivity index (χ1) is 13.8. The number of rotatable bonds is 13. The average molecular weight is 451 g/mol. The third-order valence-corrected chi connectivity index (χ3v) is 6.18. The Morgan fingerprint density at radius 3 is 1.87 bits per heavy atom. The zero-order chi connectivity index (χ0) is 23.6. The van der Waals surface area contributed by atoms with Crippen LogP contribution in [-0.4, -0.2) is 63.4 Å². The lowest BCUT2D eigenvalue weighted by atomic mass is 10.0. The summed E-state index contributed by atoms with van der Waals surface area (Å²) in [6.07, 6.45) is 2.34. The number of amides is 3. The summed E-state index contributed by atoms with van der Waals surface area (Å²) in [6, 6.07) is -2.54. The second-order valence-electron chi connectivity index (χ2n) is 8.11. The predicted molar refractivity (Wildman–Crippen MR) is 115 cm³/mol. The van der Waals surface area contributed by atoms with Gasteiger partial charge < -0.3 is 31.1 Å². The minimum absolute atomic E-state index is 0.224. The maximum absolute atomic E-state index is 12.8. The van der Waals surface area contributed by atoms with Gasteiger partial charge in [-0.2, -0.15) is 0 Å². The fourth-order valence-corrected chi connectivity index (χ4v) is 3.49. The molecule has 0 saturated heterocycles. The Morgan fingerprint density at radius 2 is 1.43 bits per heavy atom. The molecule has 10 nitrogen and oxygen atoms in total. The summed E-state index contributed by atoms with van der Waals surface area (Å²) in [6.45, 7) is 8.83. The van der Waals surface area contributed by atoms with Gasteiger partial charge in [0.05, 0.1) is 6.04 Å². The molecule has 0 heterocycles. The molecule has 0 aliphatic rings. The molecule has 0 aromatic rings. The van der Waals surface area contributed by atoms with Crippen molar-refractivity contribution in [3.63, 3.8) is 0 Å². The van der Waals surface area contributed by atoms with Gasteiger partial charge in [-0.25, -0.2) is 0 Å². The monoisotopic (exact) mass is 450 g/mol. The second kappa shape index (κ2) is 13.0. The van der Waals surface area contributed by atoms with Crippen LogP contribution in [0.4, 0.5) is 0 Å². The van der Waals surface area contributed by atoms with Crippen LogP contribution in [0.2, 0.25) is 0 Å². The van der Waals surface area contributed by atoms with Crippen LogP contribution >= 0.6 is 7.60 Å². The number of nitrogens with zero attached hydrogens (tertiary/aromatic N) is 1. The van der Waals surface area contributed by atoms with E-state index >= 15 is 0 Å². The molecule has 0 radical (unpaired) electrons. The first-order valence-electron chi connectivity index (χ1n) is 10.4. The number of likely N-dealkylation sites (N-methyl/N-ethyl adjacent to an activating group) is 1. The summed E-state index contributed by atoms with van der Waals surface area (Å²) in [5, 5.41) is 5.30. The van der Waals surface area contributed by atoms with Gasteiger partial charge in [0, 0.05) is 7.05 Å². The number of hydrogen-bond donors (Lipinski definition) is 5. The SMILES string of the molecule is CCC[C@H](NC(=O)[C@@H](N)CC(C)C)C(=O)N[C@@H](CCC)C(=O)N(C)[C@@H](C)P(=O)(O)O.